The minimum absolute atomic E-state index is 0.164. The van der Waals surface area contributed by atoms with E-state index in [1.165, 1.54) is 12.2 Å². The molecule has 6 N–H and O–H groups in total. The van der Waals surface area contributed by atoms with E-state index in [1.54, 1.807) is 38.1 Å². The predicted octanol–water partition coefficient (Wildman–Crippen LogP) is 1.92. The number of rotatable bonds is 17. The minimum atomic E-state index is -0.937. The highest BCUT2D eigenvalue weighted by Crippen LogP contribution is 2.13. The second-order valence-electron chi connectivity index (χ2n) is 10.1. The van der Waals surface area contributed by atoms with Gasteiger partial charge in [-0.05, 0) is 49.3 Å². The fourth-order valence-electron chi connectivity index (χ4n) is 4.12. The Labute approximate surface area is 244 Å². The number of hydrogen-bond donors (Lipinski definition) is 5. The molecule has 0 radical (unpaired) electrons. The molecule has 41 heavy (non-hydrogen) atoms. The zero-order valence-corrected chi connectivity index (χ0v) is 24.2. The third kappa shape index (κ3) is 11.6. The van der Waals surface area contributed by atoms with Crippen LogP contribution in [0.2, 0.25) is 0 Å². The molecule has 0 unspecified atom stereocenters. The van der Waals surface area contributed by atoms with Crippen LogP contribution in [0, 0.1) is 5.92 Å². The summed E-state index contributed by atoms with van der Waals surface area (Å²) in [5.74, 6) is -1.87. The minimum Gasteiger partial charge on any atom is -0.352 e. The first-order valence-corrected chi connectivity index (χ1v) is 14.2. The number of nitrogens with one attached hydrogen (secondary N) is 4. The first-order valence-electron chi connectivity index (χ1n) is 13.6. The summed E-state index contributed by atoms with van der Waals surface area (Å²) in [7, 11) is 0. The third-order valence-corrected chi connectivity index (χ3v) is 6.74. The monoisotopic (exact) mass is 590 g/mol. The molecule has 1 aromatic carbocycles. The zero-order chi connectivity index (χ0) is 30.4. The number of alkyl halides is 1. The number of nitrogens with zero attached hydrogens (tertiary/aromatic N) is 1. The van der Waals surface area contributed by atoms with E-state index in [1.807, 2.05) is 0 Å². The molecular weight excluding hydrogens is 552 g/mol. The maximum absolute atomic E-state index is 13.2. The SMILES string of the molecule is CC(C)[C@@H](NC(=O)CCCCCN1C(=O)C=CC1=O)C(=O)N[C@@H](CCCNC(N)=O)C(=O)Nc1ccc(CCl)cc1. The maximum Gasteiger partial charge on any atom is 0.312 e. The van der Waals surface area contributed by atoms with Crippen molar-refractivity contribution >= 4 is 52.9 Å². The number of nitrogens with two attached hydrogens (primary N) is 1. The molecule has 1 aliphatic rings. The van der Waals surface area contributed by atoms with E-state index in [4.69, 9.17) is 17.3 Å². The van der Waals surface area contributed by atoms with Crippen LogP contribution >= 0.6 is 11.6 Å². The molecule has 0 aliphatic carbocycles. The summed E-state index contributed by atoms with van der Waals surface area (Å²) in [6.07, 6.45) is 4.92. The van der Waals surface area contributed by atoms with E-state index in [0.717, 1.165) is 10.5 Å². The summed E-state index contributed by atoms with van der Waals surface area (Å²) in [6.45, 7) is 4.08. The molecule has 2 rings (SSSR count). The van der Waals surface area contributed by atoms with Crippen molar-refractivity contribution in [2.75, 3.05) is 18.4 Å². The summed E-state index contributed by atoms with van der Waals surface area (Å²) >= 11 is 5.82. The van der Waals surface area contributed by atoms with Crippen LogP contribution in [0.15, 0.2) is 36.4 Å². The number of carbonyl (C=O) groups is 6. The number of benzene rings is 1. The van der Waals surface area contributed by atoms with Gasteiger partial charge >= 0.3 is 6.03 Å². The lowest BCUT2D eigenvalue weighted by Crippen LogP contribution is -2.54. The molecular formula is C28H39ClN6O6. The standard InChI is InChI=1S/C28H39ClN6O6/c1-18(2)25(34-22(36)8-4-3-5-16-35-23(37)13-14-24(35)38)27(40)33-21(7-6-15-31-28(30)41)26(39)32-20-11-9-19(17-29)10-12-20/h9-14,18,21,25H,3-8,15-17H2,1-2H3,(H,32,39)(H,33,40)(H,34,36)(H3,30,31,41)/t21-,25+/m0/s1. The average Bonchev–Trinajstić information content (AvgIpc) is 3.25. The highest BCUT2D eigenvalue weighted by atomic mass is 35.5. The first-order chi connectivity index (χ1) is 19.5. The molecule has 0 aromatic heterocycles. The van der Waals surface area contributed by atoms with Crippen LogP contribution in [0.3, 0.4) is 0 Å². The molecule has 1 aromatic rings. The molecule has 12 nitrogen and oxygen atoms in total. The fraction of sp³-hybridized carbons (Fsp3) is 0.500. The lowest BCUT2D eigenvalue weighted by Gasteiger charge is -2.25. The number of carbonyl (C=O) groups excluding carboxylic acids is 6. The summed E-state index contributed by atoms with van der Waals surface area (Å²) in [5.41, 5.74) is 6.52. The Morgan fingerprint density at radius 3 is 2.15 bits per heavy atom. The van der Waals surface area contributed by atoms with Crippen LogP contribution in [0.4, 0.5) is 10.5 Å². The van der Waals surface area contributed by atoms with Crippen molar-refractivity contribution in [2.24, 2.45) is 11.7 Å². The van der Waals surface area contributed by atoms with Gasteiger partial charge in [-0.1, -0.05) is 32.4 Å². The average molecular weight is 591 g/mol. The molecule has 2 atom stereocenters. The number of anilines is 1. The maximum atomic E-state index is 13.2. The van der Waals surface area contributed by atoms with Crippen molar-refractivity contribution in [3.63, 3.8) is 0 Å². The lowest BCUT2D eigenvalue weighted by molar-refractivity contribution is -0.137. The van der Waals surface area contributed by atoms with Crippen molar-refractivity contribution in [2.45, 2.75) is 70.3 Å². The van der Waals surface area contributed by atoms with E-state index in [9.17, 15) is 28.8 Å². The van der Waals surface area contributed by atoms with E-state index in [-0.39, 0.29) is 43.0 Å². The Morgan fingerprint density at radius 2 is 1.56 bits per heavy atom. The molecule has 0 fully saturated rings. The topological polar surface area (TPSA) is 180 Å². The van der Waals surface area contributed by atoms with Crippen LogP contribution < -0.4 is 27.0 Å². The molecule has 0 saturated carbocycles. The van der Waals surface area contributed by atoms with Gasteiger partial charge < -0.3 is 27.0 Å². The van der Waals surface area contributed by atoms with E-state index >= 15 is 0 Å². The van der Waals surface area contributed by atoms with Crippen LogP contribution in [-0.2, 0) is 29.9 Å². The molecule has 13 heteroatoms. The van der Waals surface area contributed by atoms with Gasteiger partial charge in [-0.15, -0.1) is 11.6 Å². The number of imide groups is 1. The molecule has 1 heterocycles. The van der Waals surface area contributed by atoms with Crippen LogP contribution in [0.1, 0.15) is 57.9 Å². The molecule has 0 bridgehead atoms. The number of halogens is 1. The van der Waals surface area contributed by atoms with E-state index in [0.29, 0.717) is 43.8 Å². The van der Waals surface area contributed by atoms with Gasteiger partial charge in [0.05, 0.1) is 0 Å². The Morgan fingerprint density at radius 1 is 0.902 bits per heavy atom. The normalized spacial score (nSPS) is 14.1. The van der Waals surface area contributed by atoms with Gasteiger partial charge in [0.2, 0.25) is 17.7 Å². The highest BCUT2D eigenvalue weighted by Gasteiger charge is 2.29. The Bertz CT molecular complexity index is 1110. The Hall–Kier alpha value is -3.93. The van der Waals surface area contributed by atoms with Gasteiger partial charge in [-0.25, -0.2) is 4.79 Å². The van der Waals surface area contributed by atoms with Crippen LogP contribution in [0.25, 0.3) is 0 Å². The van der Waals surface area contributed by atoms with Crippen LogP contribution in [-0.4, -0.2) is 65.6 Å². The fourth-order valence-corrected chi connectivity index (χ4v) is 4.30. The van der Waals surface area contributed by atoms with Gasteiger partial charge in [0.15, 0.2) is 0 Å². The van der Waals surface area contributed by atoms with Gasteiger partial charge in [0.25, 0.3) is 11.8 Å². The molecule has 0 saturated heterocycles. The van der Waals surface area contributed by atoms with Crippen molar-refractivity contribution in [1.29, 1.82) is 0 Å². The predicted molar refractivity (Wildman–Crippen MR) is 154 cm³/mol. The van der Waals surface area contributed by atoms with Gasteiger partial charge in [-0.3, -0.25) is 28.9 Å². The third-order valence-electron chi connectivity index (χ3n) is 6.43. The van der Waals surface area contributed by atoms with Crippen molar-refractivity contribution < 1.29 is 28.8 Å². The highest BCUT2D eigenvalue weighted by molar-refractivity contribution is 6.17. The number of unbranched alkanes of at least 4 members (excludes halogenated alkanes) is 2. The van der Waals surface area contributed by atoms with Gasteiger partial charge in [-0.2, -0.15) is 0 Å². The van der Waals surface area contributed by atoms with Crippen molar-refractivity contribution in [1.82, 2.24) is 20.9 Å². The quantitative estimate of drug-likeness (QED) is 0.105. The van der Waals surface area contributed by atoms with Crippen molar-refractivity contribution in [3.8, 4) is 0 Å². The second-order valence-corrected chi connectivity index (χ2v) is 10.3. The number of urea groups is 1. The summed E-state index contributed by atoms with van der Waals surface area (Å²) in [6, 6.07) is 4.46. The molecule has 7 amide bonds. The molecule has 1 aliphatic heterocycles. The van der Waals surface area contributed by atoms with E-state index in [2.05, 4.69) is 21.3 Å². The Balaban J connectivity index is 1.92. The second kappa shape index (κ2) is 17.0. The summed E-state index contributed by atoms with van der Waals surface area (Å²) in [4.78, 5) is 74.3. The first kappa shape index (κ1) is 33.3. The zero-order valence-electron chi connectivity index (χ0n) is 23.4. The van der Waals surface area contributed by atoms with Crippen LogP contribution in [0.5, 0.6) is 0 Å². The van der Waals surface area contributed by atoms with Gasteiger partial charge in [0, 0.05) is 43.2 Å². The number of amides is 7. The lowest BCUT2D eigenvalue weighted by atomic mass is 10.0. The largest absolute Gasteiger partial charge is 0.352 e. The van der Waals surface area contributed by atoms with Gasteiger partial charge in [0.1, 0.15) is 12.1 Å². The van der Waals surface area contributed by atoms with Crippen molar-refractivity contribution in [3.05, 3.63) is 42.0 Å². The van der Waals surface area contributed by atoms with E-state index < -0.39 is 29.9 Å². The number of hydrogen-bond acceptors (Lipinski definition) is 6. The summed E-state index contributed by atoms with van der Waals surface area (Å²) < 4.78 is 0. The Kier molecular flexibility index (Phi) is 13.8. The molecule has 0 spiro atoms. The summed E-state index contributed by atoms with van der Waals surface area (Å²) in [5, 5.41) is 10.7. The molecule has 224 valence electrons. The smallest absolute Gasteiger partial charge is 0.312 e. The number of primary amides is 1.